The van der Waals surface area contributed by atoms with Crippen molar-refractivity contribution in [3.8, 4) is 17.6 Å². The first-order chi connectivity index (χ1) is 23.5. The molecule has 3 aromatic carbocycles. The molecule has 4 aliphatic heterocycles. The van der Waals surface area contributed by atoms with Crippen molar-refractivity contribution in [2.45, 2.75) is 103 Å². The Labute approximate surface area is 298 Å². The lowest BCUT2D eigenvalue weighted by Crippen LogP contribution is -2.44. The van der Waals surface area contributed by atoms with Crippen molar-refractivity contribution in [3.05, 3.63) is 85.8 Å². The molecule has 4 heterocycles. The normalized spacial score (nSPS) is 20.7. The van der Waals surface area contributed by atoms with Crippen LogP contribution in [0.25, 0.3) is 29.1 Å². The van der Waals surface area contributed by atoms with Crippen molar-refractivity contribution in [1.82, 2.24) is 0 Å². The van der Waals surface area contributed by atoms with Gasteiger partial charge in [0.25, 0.3) is 0 Å². The maximum Gasteiger partial charge on any atom is 0.194 e. The molecule has 3 aromatic rings. The smallest absolute Gasteiger partial charge is 0.194 e. The van der Waals surface area contributed by atoms with Crippen LogP contribution >= 0.6 is 0 Å². The molecule has 6 heteroatoms. The molecule has 0 aliphatic carbocycles. The molecule has 0 saturated carbocycles. The van der Waals surface area contributed by atoms with Gasteiger partial charge in [0.2, 0.25) is 0 Å². The minimum Gasteiger partial charge on any atom is -0.507 e. The lowest BCUT2D eigenvalue weighted by Gasteiger charge is -2.48. The minimum atomic E-state index is -0.167. The second-order valence-electron chi connectivity index (χ2n) is 17.6. The van der Waals surface area contributed by atoms with Crippen LogP contribution in [0.5, 0.6) is 11.5 Å². The van der Waals surface area contributed by atoms with Crippen LogP contribution in [0.1, 0.15) is 131 Å². The van der Waals surface area contributed by atoms with Crippen LogP contribution in [0.15, 0.2) is 24.3 Å². The first-order valence-corrected chi connectivity index (χ1v) is 18.1. The van der Waals surface area contributed by atoms with Crippen LogP contribution in [0.3, 0.4) is 0 Å². The van der Waals surface area contributed by atoms with E-state index in [1.54, 1.807) is 12.1 Å². The third-order valence-electron chi connectivity index (χ3n) is 12.4. The molecule has 0 atom stereocenters. The van der Waals surface area contributed by atoms with E-state index in [0.717, 1.165) is 74.1 Å². The van der Waals surface area contributed by atoms with Crippen molar-refractivity contribution < 1.29 is 10.2 Å². The van der Waals surface area contributed by atoms with E-state index < -0.39 is 0 Å². The van der Waals surface area contributed by atoms with Gasteiger partial charge in [0.05, 0.1) is 18.2 Å². The van der Waals surface area contributed by atoms with Crippen molar-refractivity contribution >= 4 is 41.4 Å². The van der Waals surface area contributed by atoms with Gasteiger partial charge in [0.15, 0.2) is 5.69 Å². The second-order valence-corrected chi connectivity index (χ2v) is 17.6. The Kier molecular flexibility index (Phi) is 7.72. The highest BCUT2D eigenvalue weighted by molar-refractivity contribution is 5.87. The molecule has 7 rings (SSSR count). The maximum atomic E-state index is 11.7. The first kappa shape index (κ1) is 33.8. The van der Waals surface area contributed by atoms with Crippen molar-refractivity contribution in [3.63, 3.8) is 0 Å². The van der Waals surface area contributed by atoms with Crippen LogP contribution in [0, 0.1) is 17.9 Å². The van der Waals surface area contributed by atoms with Gasteiger partial charge >= 0.3 is 0 Å². The Hall–Kier alpha value is -4.68. The molecule has 0 spiro atoms. The molecule has 0 fully saturated rings. The van der Waals surface area contributed by atoms with Gasteiger partial charge in [-0.05, 0) is 93.9 Å². The summed E-state index contributed by atoms with van der Waals surface area (Å²) < 4.78 is 0. The largest absolute Gasteiger partial charge is 0.507 e. The molecule has 4 aliphatic rings. The number of aromatic hydroxyl groups is 2. The van der Waals surface area contributed by atoms with E-state index in [1.807, 2.05) is 24.3 Å². The van der Waals surface area contributed by atoms with Gasteiger partial charge in [-0.25, -0.2) is 4.85 Å². The molecule has 50 heavy (non-hydrogen) atoms. The van der Waals surface area contributed by atoms with Gasteiger partial charge in [0, 0.05) is 59.8 Å². The lowest BCUT2D eigenvalue weighted by molar-refractivity contribution is 0.377. The molecule has 0 aromatic heterocycles. The zero-order valence-corrected chi connectivity index (χ0v) is 31.0. The summed E-state index contributed by atoms with van der Waals surface area (Å²) in [5.74, 6) is 0.601. The highest BCUT2D eigenvalue weighted by Crippen LogP contribution is 2.55. The summed E-state index contributed by atoms with van der Waals surface area (Å²) in [6, 6.07) is 10.1. The standard InChI is InChI=1S/C44H50N4O2/c1-41(2)14-18-47-20-16-43(5,6)35-37(47)32(41)23-29(39(35)49)12-10-27-25-34(46-9)28(22-31(27)26-45)11-13-30-24-33-38-36(40(30)50)44(7,8)17-21-48(38)19-15-42(33,3)4/h10-13,22-25,49-50H,14-21H2,1-8H3/b12-10+,13-11+. The molecule has 258 valence electrons. The quantitative estimate of drug-likeness (QED) is 0.214. The fraction of sp³-hybridized carbons (Fsp3) is 0.455. The summed E-state index contributed by atoms with van der Waals surface area (Å²) in [6.07, 6.45) is 11.6. The van der Waals surface area contributed by atoms with E-state index >= 15 is 0 Å². The number of nitriles is 1. The Balaban J connectivity index is 1.29. The molecule has 0 saturated heterocycles. The first-order valence-electron chi connectivity index (χ1n) is 18.1. The van der Waals surface area contributed by atoms with Gasteiger partial charge in [-0.1, -0.05) is 79.7 Å². The zero-order chi connectivity index (χ0) is 36.0. The maximum absolute atomic E-state index is 11.7. The van der Waals surface area contributed by atoms with E-state index in [0.29, 0.717) is 33.9 Å². The molecular formula is C44H50N4O2. The number of hydrogen-bond donors (Lipinski definition) is 2. The van der Waals surface area contributed by atoms with E-state index in [2.05, 4.69) is 88.2 Å². The van der Waals surface area contributed by atoms with Crippen LogP contribution in [-0.2, 0) is 21.7 Å². The highest BCUT2D eigenvalue weighted by Gasteiger charge is 2.43. The fourth-order valence-corrected chi connectivity index (χ4v) is 8.88. The fourth-order valence-electron chi connectivity index (χ4n) is 8.88. The zero-order valence-electron chi connectivity index (χ0n) is 31.0. The SMILES string of the molecule is [C-]#[N+]c1cc(/C=C/c2cc3c4c(c2O)C(C)(C)CCN4CCC3(C)C)c(C#N)cc1/C=C/c1cc2c3c(c1O)C(C)(C)CCN3CCC2(C)C. The Morgan fingerprint density at radius 2 is 1.02 bits per heavy atom. The van der Waals surface area contributed by atoms with Crippen LogP contribution in [0.2, 0.25) is 0 Å². The molecule has 0 unspecified atom stereocenters. The summed E-state index contributed by atoms with van der Waals surface area (Å²) in [4.78, 5) is 8.73. The number of anilines is 2. The summed E-state index contributed by atoms with van der Waals surface area (Å²) in [5.41, 5.74) is 10.1. The third-order valence-corrected chi connectivity index (χ3v) is 12.4. The van der Waals surface area contributed by atoms with Gasteiger partial charge < -0.3 is 20.0 Å². The Morgan fingerprint density at radius 3 is 1.44 bits per heavy atom. The average molecular weight is 667 g/mol. The van der Waals surface area contributed by atoms with Gasteiger partial charge in [0.1, 0.15) is 11.5 Å². The van der Waals surface area contributed by atoms with Gasteiger partial charge in [-0.15, -0.1) is 0 Å². The summed E-state index contributed by atoms with van der Waals surface area (Å²) in [7, 11) is 0. The summed E-state index contributed by atoms with van der Waals surface area (Å²) >= 11 is 0. The number of rotatable bonds is 4. The molecule has 0 amide bonds. The van der Waals surface area contributed by atoms with E-state index in [1.165, 1.54) is 22.5 Å². The predicted octanol–water partition coefficient (Wildman–Crippen LogP) is 10.2. The van der Waals surface area contributed by atoms with E-state index in [4.69, 9.17) is 6.57 Å². The van der Waals surface area contributed by atoms with Crippen molar-refractivity contribution in [2.24, 2.45) is 0 Å². The number of phenols is 2. The monoisotopic (exact) mass is 666 g/mol. The molecule has 0 radical (unpaired) electrons. The predicted molar refractivity (Wildman–Crippen MR) is 206 cm³/mol. The number of benzene rings is 3. The minimum absolute atomic E-state index is 0.0248. The Morgan fingerprint density at radius 1 is 0.620 bits per heavy atom. The number of hydrogen-bond acceptors (Lipinski definition) is 5. The lowest BCUT2D eigenvalue weighted by atomic mass is 9.68. The van der Waals surface area contributed by atoms with Crippen molar-refractivity contribution in [1.29, 1.82) is 5.26 Å². The number of nitrogens with zero attached hydrogens (tertiary/aromatic N) is 4. The van der Waals surface area contributed by atoms with Crippen molar-refractivity contribution in [2.75, 3.05) is 36.0 Å². The second kappa shape index (κ2) is 11.4. The molecular weight excluding hydrogens is 617 g/mol. The van der Waals surface area contributed by atoms with E-state index in [-0.39, 0.29) is 21.7 Å². The third kappa shape index (κ3) is 5.27. The average Bonchev–Trinajstić information content (AvgIpc) is 3.05. The van der Waals surface area contributed by atoms with E-state index in [9.17, 15) is 15.5 Å². The number of phenolic OH excluding ortho intramolecular Hbond substituents is 2. The van der Waals surface area contributed by atoms with Crippen LogP contribution < -0.4 is 9.80 Å². The molecule has 0 bridgehead atoms. The topological polar surface area (TPSA) is 75.1 Å². The summed E-state index contributed by atoms with van der Waals surface area (Å²) in [5, 5.41) is 33.7. The summed E-state index contributed by atoms with van der Waals surface area (Å²) in [6.45, 7) is 30.0. The molecule has 2 N–H and O–H groups in total. The van der Waals surface area contributed by atoms with Gasteiger partial charge in [-0.2, -0.15) is 5.26 Å². The molecule has 6 nitrogen and oxygen atoms in total. The van der Waals surface area contributed by atoms with Gasteiger partial charge in [-0.3, -0.25) is 0 Å². The highest BCUT2D eigenvalue weighted by atomic mass is 16.3. The van der Waals surface area contributed by atoms with Crippen LogP contribution in [0.4, 0.5) is 17.1 Å². The Bertz CT molecular complexity index is 1930. The van der Waals surface area contributed by atoms with Crippen LogP contribution in [-0.4, -0.2) is 36.4 Å².